The van der Waals surface area contributed by atoms with E-state index >= 15 is 0 Å². The van der Waals surface area contributed by atoms with Crippen LogP contribution in [0.1, 0.15) is 51.7 Å². The molecule has 0 aliphatic heterocycles. The molecule has 2 rings (SSSR count). The SMILES string of the molecule is CC[C@H](C(=O)NC(C)(C)C)N(CCc1ccccc1)C(=O)CCSCc1ccccc1. The van der Waals surface area contributed by atoms with Crippen LogP contribution in [0.25, 0.3) is 0 Å². The Morgan fingerprint density at radius 2 is 1.55 bits per heavy atom. The van der Waals surface area contributed by atoms with E-state index in [0.29, 0.717) is 19.4 Å². The maximum atomic E-state index is 13.2. The molecule has 0 saturated carbocycles. The fraction of sp³-hybridized carbons (Fsp3) is 0.462. The van der Waals surface area contributed by atoms with E-state index in [0.717, 1.165) is 17.9 Å². The number of carbonyl (C=O) groups is 2. The van der Waals surface area contributed by atoms with Gasteiger partial charge in [0, 0.05) is 30.0 Å². The Morgan fingerprint density at radius 3 is 2.10 bits per heavy atom. The number of hydrogen-bond acceptors (Lipinski definition) is 3. The zero-order valence-corrected chi connectivity index (χ0v) is 20.1. The fourth-order valence-electron chi connectivity index (χ4n) is 3.42. The lowest BCUT2D eigenvalue weighted by molar-refractivity contribution is -0.141. The summed E-state index contributed by atoms with van der Waals surface area (Å²) in [7, 11) is 0. The minimum absolute atomic E-state index is 0.0485. The molecule has 0 radical (unpaired) electrons. The van der Waals surface area contributed by atoms with Crippen molar-refractivity contribution in [3.8, 4) is 0 Å². The van der Waals surface area contributed by atoms with Crippen LogP contribution >= 0.6 is 11.8 Å². The highest BCUT2D eigenvalue weighted by Crippen LogP contribution is 2.16. The first-order chi connectivity index (χ1) is 14.8. The third-order valence-electron chi connectivity index (χ3n) is 4.94. The van der Waals surface area contributed by atoms with Gasteiger partial charge in [-0.25, -0.2) is 0 Å². The van der Waals surface area contributed by atoms with Crippen LogP contribution in [0.4, 0.5) is 0 Å². The maximum Gasteiger partial charge on any atom is 0.243 e. The predicted molar refractivity (Wildman–Crippen MR) is 131 cm³/mol. The number of thioether (sulfide) groups is 1. The van der Waals surface area contributed by atoms with Gasteiger partial charge < -0.3 is 10.2 Å². The Hall–Kier alpha value is -2.27. The molecule has 0 aliphatic carbocycles. The largest absolute Gasteiger partial charge is 0.350 e. The molecule has 2 aromatic carbocycles. The first kappa shape index (κ1) is 25.0. The van der Waals surface area contributed by atoms with Gasteiger partial charge in [-0.2, -0.15) is 11.8 Å². The summed E-state index contributed by atoms with van der Waals surface area (Å²) in [5.41, 5.74) is 2.10. The van der Waals surface area contributed by atoms with Gasteiger partial charge in [0.05, 0.1) is 0 Å². The summed E-state index contributed by atoms with van der Waals surface area (Å²) >= 11 is 1.76. The van der Waals surface area contributed by atoms with Crippen LogP contribution in [0.15, 0.2) is 60.7 Å². The molecular formula is C26H36N2O2S. The molecule has 1 atom stereocenters. The maximum absolute atomic E-state index is 13.2. The lowest BCUT2D eigenvalue weighted by atomic mass is 10.1. The summed E-state index contributed by atoms with van der Waals surface area (Å²) < 4.78 is 0. The van der Waals surface area contributed by atoms with Gasteiger partial charge >= 0.3 is 0 Å². The van der Waals surface area contributed by atoms with E-state index in [1.54, 1.807) is 16.7 Å². The monoisotopic (exact) mass is 440 g/mol. The zero-order valence-electron chi connectivity index (χ0n) is 19.3. The van der Waals surface area contributed by atoms with Gasteiger partial charge in [0.2, 0.25) is 11.8 Å². The van der Waals surface area contributed by atoms with Crippen molar-refractivity contribution in [1.82, 2.24) is 10.2 Å². The molecule has 0 spiro atoms. The Labute approximate surface area is 191 Å². The molecule has 4 nitrogen and oxygen atoms in total. The molecule has 2 aromatic rings. The number of rotatable bonds is 11. The van der Waals surface area contributed by atoms with Crippen molar-refractivity contribution in [2.45, 2.75) is 64.3 Å². The predicted octanol–water partition coefficient (Wildman–Crippen LogP) is 5.07. The summed E-state index contributed by atoms with van der Waals surface area (Å²) in [6.07, 6.45) is 1.77. The van der Waals surface area contributed by atoms with E-state index in [9.17, 15) is 9.59 Å². The van der Waals surface area contributed by atoms with Crippen LogP contribution in [-0.2, 0) is 21.8 Å². The normalized spacial score (nSPS) is 12.3. The average Bonchev–Trinajstić information content (AvgIpc) is 2.74. The molecule has 0 unspecified atom stereocenters. The molecule has 0 heterocycles. The quantitative estimate of drug-likeness (QED) is 0.496. The number of amides is 2. The molecular weight excluding hydrogens is 404 g/mol. The molecule has 168 valence electrons. The van der Waals surface area contributed by atoms with Crippen molar-refractivity contribution in [1.29, 1.82) is 0 Å². The summed E-state index contributed by atoms with van der Waals surface area (Å²) in [6, 6.07) is 20.0. The Morgan fingerprint density at radius 1 is 0.968 bits per heavy atom. The van der Waals surface area contributed by atoms with Crippen LogP contribution in [-0.4, -0.2) is 40.6 Å². The van der Waals surface area contributed by atoms with Crippen LogP contribution in [0.5, 0.6) is 0 Å². The minimum atomic E-state index is -0.449. The highest BCUT2D eigenvalue weighted by Gasteiger charge is 2.30. The third kappa shape index (κ3) is 9.18. The van der Waals surface area contributed by atoms with Gasteiger partial charge in [0.25, 0.3) is 0 Å². The minimum Gasteiger partial charge on any atom is -0.350 e. The molecule has 1 N–H and O–H groups in total. The van der Waals surface area contributed by atoms with Crippen molar-refractivity contribution in [3.63, 3.8) is 0 Å². The van der Waals surface area contributed by atoms with Crippen LogP contribution in [0.2, 0.25) is 0 Å². The topological polar surface area (TPSA) is 49.4 Å². The summed E-state index contributed by atoms with van der Waals surface area (Å²) in [6.45, 7) is 8.41. The lowest BCUT2D eigenvalue weighted by Crippen LogP contribution is -2.54. The number of hydrogen-bond donors (Lipinski definition) is 1. The highest BCUT2D eigenvalue weighted by atomic mass is 32.2. The van der Waals surface area contributed by atoms with Crippen LogP contribution in [0.3, 0.4) is 0 Å². The Balaban J connectivity index is 2.01. The first-order valence-corrected chi connectivity index (χ1v) is 12.2. The van der Waals surface area contributed by atoms with E-state index < -0.39 is 6.04 Å². The average molecular weight is 441 g/mol. The number of nitrogens with zero attached hydrogens (tertiary/aromatic N) is 1. The van der Waals surface area contributed by atoms with Crippen molar-refractivity contribution < 1.29 is 9.59 Å². The Kier molecular flexibility index (Phi) is 10.1. The van der Waals surface area contributed by atoms with Gasteiger partial charge in [0.15, 0.2) is 0 Å². The van der Waals surface area contributed by atoms with Crippen LogP contribution in [0, 0.1) is 0 Å². The van der Waals surface area contributed by atoms with Crippen molar-refractivity contribution in [2.24, 2.45) is 0 Å². The zero-order chi connectivity index (χ0) is 22.7. The number of benzene rings is 2. The van der Waals surface area contributed by atoms with E-state index in [1.807, 2.05) is 64.1 Å². The summed E-state index contributed by atoms with van der Waals surface area (Å²) in [5.74, 6) is 1.60. The molecule has 2 amide bonds. The second kappa shape index (κ2) is 12.6. The second-order valence-electron chi connectivity index (χ2n) is 8.77. The van der Waals surface area contributed by atoms with Gasteiger partial charge in [-0.15, -0.1) is 0 Å². The van der Waals surface area contributed by atoms with E-state index in [2.05, 4.69) is 29.6 Å². The lowest BCUT2D eigenvalue weighted by Gasteiger charge is -2.33. The fourth-order valence-corrected chi connectivity index (χ4v) is 4.31. The van der Waals surface area contributed by atoms with Crippen molar-refractivity contribution in [2.75, 3.05) is 12.3 Å². The standard InChI is InChI=1S/C26H36N2O2S/c1-5-23(25(30)27-26(2,3)4)28(18-16-21-12-8-6-9-13-21)24(29)17-19-31-20-22-14-10-7-11-15-22/h6-15,23H,5,16-20H2,1-4H3,(H,27,30)/t23-/m1/s1. The number of carbonyl (C=O) groups excluding carboxylic acids is 2. The molecule has 0 saturated heterocycles. The van der Waals surface area contributed by atoms with E-state index in [1.165, 1.54) is 11.1 Å². The van der Waals surface area contributed by atoms with Gasteiger partial charge in [-0.05, 0) is 44.7 Å². The van der Waals surface area contributed by atoms with Gasteiger partial charge in [-0.3, -0.25) is 9.59 Å². The van der Waals surface area contributed by atoms with Crippen molar-refractivity contribution in [3.05, 3.63) is 71.8 Å². The molecule has 31 heavy (non-hydrogen) atoms. The van der Waals surface area contributed by atoms with Gasteiger partial charge in [0.1, 0.15) is 6.04 Å². The first-order valence-electron chi connectivity index (χ1n) is 11.1. The second-order valence-corrected chi connectivity index (χ2v) is 9.88. The molecule has 0 fully saturated rings. The van der Waals surface area contributed by atoms with E-state index in [-0.39, 0.29) is 17.4 Å². The molecule has 0 aliphatic rings. The molecule has 5 heteroatoms. The Bertz CT molecular complexity index is 803. The smallest absolute Gasteiger partial charge is 0.243 e. The summed E-state index contributed by atoms with van der Waals surface area (Å²) in [5, 5.41) is 3.05. The van der Waals surface area contributed by atoms with Crippen LogP contribution < -0.4 is 5.32 Å². The third-order valence-corrected chi connectivity index (χ3v) is 5.97. The number of nitrogens with one attached hydrogen (secondary N) is 1. The van der Waals surface area contributed by atoms with Gasteiger partial charge in [-0.1, -0.05) is 67.6 Å². The molecule has 0 aromatic heterocycles. The molecule has 0 bridgehead atoms. The van der Waals surface area contributed by atoms with Crippen molar-refractivity contribution >= 4 is 23.6 Å². The summed E-state index contributed by atoms with van der Waals surface area (Å²) in [4.78, 5) is 27.9. The highest BCUT2D eigenvalue weighted by molar-refractivity contribution is 7.98. The van der Waals surface area contributed by atoms with E-state index in [4.69, 9.17) is 0 Å².